The number of carbonyl (C=O) groups is 2. The van der Waals surface area contributed by atoms with E-state index in [-0.39, 0.29) is 11.8 Å². The number of hydrogen-bond donors (Lipinski definition) is 1. The molecular formula is C28H27N5O2S. The molecule has 1 fully saturated rings. The largest absolute Gasteiger partial charge is 0.352 e. The maximum atomic E-state index is 12.7. The molecule has 2 aliphatic heterocycles. The Morgan fingerprint density at radius 3 is 2.83 bits per heavy atom. The van der Waals surface area contributed by atoms with Crippen LogP contribution in [0.5, 0.6) is 0 Å². The molecule has 2 aliphatic rings. The lowest BCUT2D eigenvalue weighted by Gasteiger charge is -2.31. The van der Waals surface area contributed by atoms with Crippen molar-refractivity contribution >= 4 is 41.4 Å². The predicted octanol–water partition coefficient (Wildman–Crippen LogP) is 4.50. The minimum atomic E-state index is -0.0466. The number of rotatable bonds is 7. The van der Waals surface area contributed by atoms with E-state index < -0.39 is 0 Å². The highest BCUT2D eigenvalue weighted by atomic mass is 32.2. The molecule has 36 heavy (non-hydrogen) atoms. The summed E-state index contributed by atoms with van der Waals surface area (Å²) >= 11 is 1.47. The van der Waals surface area contributed by atoms with Crippen molar-refractivity contribution in [3.8, 4) is 6.07 Å². The smallest absolute Gasteiger partial charge is 0.258 e. The van der Waals surface area contributed by atoms with Crippen LogP contribution in [-0.2, 0) is 9.59 Å². The molecule has 0 atom stereocenters. The molecule has 7 nitrogen and oxygen atoms in total. The minimum absolute atomic E-state index is 0.0104. The number of thioether (sulfide) groups is 1. The molecule has 0 spiro atoms. The van der Waals surface area contributed by atoms with Gasteiger partial charge in [0.15, 0.2) is 0 Å². The van der Waals surface area contributed by atoms with Crippen molar-refractivity contribution in [3.05, 3.63) is 76.5 Å². The molecule has 0 radical (unpaired) electrons. The van der Waals surface area contributed by atoms with E-state index in [1.807, 2.05) is 47.4 Å². The molecule has 0 aliphatic carbocycles. The predicted molar refractivity (Wildman–Crippen MR) is 141 cm³/mol. The van der Waals surface area contributed by atoms with Crippen LogP contribution in [0.3, 0.4) is 0 Å². The van der Waals surface area contributed by atoms with E-state index >= 15 is 0 Å². The Morgan fingerprint density at radius 1 is 1.17 bits per heavy atom. The summed E-state index contributed by atoms with van der Waals surface area (Å²) in [5.41, 5.74) is 3.14. The number of aromatic nitrogens is 2. The van der Waals surface area contributed by atoms with Crippen LogP contribution in [0.2, 0.25) is 0 Å². The highest BCUT2D eigenvalue weighted by molar-refractivity contribution is 8.04. The first kappa shape index (κ1) is 23.9. The molecule has 3 aromatic rings. The molecule has 0 saturated carbocycles. The number of hydrogen-bond acceptors (Lipinski definition) is 5. The molecule has 1 N–H and O–H groups in total. The van der Waals surface area contributed by atoms with E-state index in [2.05, 4.69) is 20.8 Å². The molecule has 0 bridgehead atoms. The highest BCUT2D eigenvalue weighted by Crippen LogP contribution is 2.34. The standard InChI is InChI=1S/C28H27N5O2S/c29-18-22-7-2-1-6-21(22)10-11-26(34)32-15-12-20(13-16-32)5-4-14-30-28(35)24-17-23-19-31-25-8-3-9-27(36-24)33(23)25/h1-3,6-11,17,19-20H,4-5,12-16H2,(H,30,35)/b11-10+. The second kappa shape index (κ2) is 10.8. The van der Waals surface area contributed by atoms with Crippen LogP contribution in [0.15, 0.2) is 64.7 Å². The zero-order valence-corrected chi connectivity index (χ0v) is 20.7. The monoisotopic (exact) mass is 497 g/mol. The van der Waals surface area contributed by atoms with Gasteiger partial charge in [-0.05, 0) is 67.5 Å². The quantitative estimate of drug-likeness (QED) is 0.383. The molecule has 8 heteroatoms. The number of nitrogens with zero attached hydrogens (tertiary/aromatic N) is 4. The van der Waals surface area contributed by atoms with E-state index in [1.54, 1.807) is 24.4 Å². The van der Waals surface area contributed by atoms with E-state index in [4.69, 9.17) is 0 Å². The molecule has 1 saturated heterocycles. The normalized spacial score (nSPS) is 15.6. The Labute approximate surface area is 214 Å². The van der Waals surface area contributed by atoms with Gasteiger partial charge in [0, 0.05) is 25.7 Å². The SMILES string of the molecule is N#Cc1ccccc1/C=C/C(=O)N1CCC(CCCNC(=O)C2=Cc3cnc4cccc(n34)S2)CC1. The number of likely N-dealkylation sites (tertiary alicyclic amines) is 1. The Morgan fingerprint density at radius 2 is 2.00 bits per heavy atom. The van der Waals surface area contributed by atoms with E-state index in [0.29, 0.717) is 22.9 Å². The van der Waals surface area contributed by atoms with Gasteiger partial charge in [0.25, 0.3) is 5.91 Å². The van der Waals surface area contributed by atoms with Crippen LogP contribution >= 0.6 is 11.8 Å². The average Bonchev–Trinajstić information content (AvgIpc) is 3.34. The van der Waals surface area contributed by atoms with Gasteiger partial charge in [-0.3, -0.25) is 14.0 Å². The van der Waals surface area contributed by atoms with Gasteiger partial charge in [-0.1, -0.05) is 36.0 Å². The second-order valence-electron chi connectivity index (χ2n) is 9.05. The molecule has 5 rings (SSSR count). The maximum absolute atomic E-state index is 12.7. The lowest BCUT2D eigenvalue weighted by Crippen LogP contribution is -2.37. The molecule has 182 valence electrons. The van der Waals surface area contributed by atoms with Crippen molar-refractivity contribution in [1.82, 2.24) is 19.6 Å². The van der Waals surface area contributed by atoms with Gasteiger partial charge < -0.3 is 10.2 Å². The van der Waals surface area contributed by atoms with Crippen molar-refractivity contribution < 1.29 is 9.59 Å². The fourth-order valence-electron chi connectivity index (χ4n) is 4.73. The summed E-state index contributed by atoms with van der Waals surface area (Å²) < 4.78 is 2.06. The van der Waals surface area contributed by atoms with Crippen LogP contribution in [0.1, 0.15) is 42.5 Å². The number of carbonyl (C=O) groups excluding carboxylic acids is 2. The number of benzene rings is 1. The number of amides is 2. The van der Waals surface area contributed by atoms with Crippen LogP contribution in [0.25, 0.3) is 17.8 Å². The van der Waals surface area contributed by atoms with Gasteiger partial charge in [0.05, 0.1) is 33.5 Å². The summed E-state index contributed by atoms with van der Waals surface area (Å²) in [5.74, 6) is 0.503. The molecule has 2 aromatic heterocycles. The van der Waals surface area contributed by atoms with Crippen LogP contribution in [0, 0.1) is 17.2 Å². The van der Waals surface area contributed by atoms with Gasteiger partial charge in [-0.25, -0.2) is 4.98 Å². The van der Waals surface area contributed by atoms with E-state index in [9.17, 15) is 14.9 Å². The van der Waals surface area contributed by atoms with Crippen molar-refractivity contribution in [3.63, 3.8) is 0 Å². The number of imidazole rings is 1. The van der Waals surface area contributed by atoms with Gasteiger partial charge in [-0.15, -0.1) is 0 Å². The van der Waals surface area contributed by atoms with Gasteiger partial charge in [0.2, 0.25) is 5.91 Å². The fourth-order valence-corrected chi connectivity index (χ4v) is 5.74. The first-order chi connectivity index (χ1) is 17.6. The highest BCUT2D eigenvalue weighted by Gasteiger charge is 2.22. The Hall–Kier alpha value is -3.83. The lowest BCUT2D eigenvalue weighted by atomic mass is 9.92. The first-order valence-corrected chi connectivity index (χ1v) is 13.0. The zero-order chi connectivity index (χ0) is 24.9. The zero-order valence-electron chi connectivity index (χ0n) is 19.9. The number of pyridine rings is 1. The summed E-state index contributed by atoms with van der Waals surface area (Å²) in [7, 11) is 0. The van der Waals surface area contributed by atoms with Crippen molar-refractivity contribution in [2.75, 3.05) is 19.6 Å². The minimum Gasteiger partial charge on any atom is -0.352 e. The van der Waals surface area contributed by atoms with Crippen LogP contribution in [0.4, 0.5) is 0 Å². The van der Waals surface area contributed by atoms with Crippen LogP contribution < -0.4 is 5.32 Å². The van der Waals surface area contributed by atoms with Gasteiger partial charge >= 0.3 is 0 Å². The Balaban J connectivity index is 1.04. The van der Waals surface area contributed by atoms with Crippen molar-refractivity contribution in [2.24, 2.45) is 5.92 Å². The third-order valence-corrected chi connectivity index (χ3v) is 7.78. The summed E-state index contributed by atoms with van der Waals surface area (Å²) in [6, 6.07) is 15.3. The topological polar surface area (TPSA) is 90.5 Å². The van der Waals surface area contributed by atoms with Crippen LogP contribution in [-0.4, -0.2) is 45.7 Å². The molecule has 4 heterocycles. The second-order valence-corrected chi connectivity index (χ2v) is 10.1. The summed E-state index contributed by atoms with van der Waals surface area (Å²) in [6.07, 6.45) is 10.9. The third-order valence-electron chi connectivity index (χ3n) is 6.73. The van der Waals surface area contributed by atoms with E-state index in [0.717, 1.165) is 60.7 Å². The summed E-state index contributed by atoms with van der Waals surface area (Å²) in [5, 5.41) is 13.3. The number of piperidine rings is 1. The molecule has 0 unspecified atom stereocenters. The fraction of sp³-hybridized carbons (Fsp3) is 0.286. The van der Waals surface area contributed by atoms with E-state index in [1.165, 1.54) is 11.8 Å². The van der Waals surface area contributed by atoms with Gasteiger partial charge in [-0.2, -0.15) is 5.26 Å². The summed E-state index contributed by atoms with van der Waals surface area (Å²) in [6.45, 7) is 2.12. The summed E-state index contributed by atoms with van der Waals surface area (Å²) in [4.78, 5) is 32.3. The third kappa shape index (κ3) is 5.21. The first-order valence-electron chi connectivity index (χ1n) is 12.2. The molecule has 2 amide bonds. The van der Waals surface area contributed by atoms with Crippen molar-refractivity contribution in [1.29, 1.82) is 5.26 Å². The maximum Gasteiger partial charge on any atom is 0.258 e. The molecular weight excluding hydrogens is 470 g/mol. The Bertz CT molecular complexity index is 1390. The average molecular weight is 498 g/mol. The van der Waals surface area contributed by atoms with Gasteiger partial charge in [0.1, 0.15) is 5.65 Å². The number of nitrogens with one attached hydrogen (secondary N) is 1. The number of nitriles is 1. The molecule has 1 aromatic carbocycles. The lowest BCUT2D eigenvalue weighted by molar-refractivity contribution is -0.127. The van der Waals surface area contributed by atoms with Crippen molar-refractivity contribution in [2.45, 2.75) is 30.7 Å². The Kier molecular flexibility index (Phi) is 7.19.